The van der Waals surface area contributed by atoms with E-state index in [1.165, 1.54) is 11.3 Å². The van der Waals surface area contributed by atoms with Crippen LogP contribution in [0.3, 0.4) is 0 Å². The summed E-state index contributed by atoms with van der Waals surface area (Å²) in [5.74, 6) is 1.34. The van der Waals surface area contributed by atoms with Crippen molar-refractivity contribution in [1.29, 1.82) is 0 Å². The minimum atomic E-state index is 0.645. The molecule has 2 rings (SSSR count). The Labute approximate surface area is 104 Å². The van der Waals surface area contributed by atoms with Crippen LogP contribution in [0.5, 0.6) is 16.6 Å². The number of carbonyl (C=O) groups excluding carboxylic acids is 1. The summed E-state index contributed by atoms with van der Waals surface area (Å²) in [5.41, 5.74) is 1.11. The first-order chi connectivity index (χ1) is 8.22. The SMILES string of the molecule is COc1cc(C)ccc1Oc1ccc(C=O)s1. The van der Waals surface area contributed by atoms with Crippen LogP contribution in [-0.2, 0) is 0 Å². The summed E-state index contributed by atoms with van der Waals surface area (Å²) in [5, 5.41) is 0.675. The van der Waals surface area contributed by atoms with Crippen molar-refractivity contribution in [3.63, 3.8) is 0 Å². The highest BCUT2D eigenvalue weighted by Gasteiger charge is 2.07. The molecule has 0 bridgehead atoms. The van der Waals surface area contributed by atoms with E-state index in [0.29, 0.717) is 21.4 Å². The predicted molar refractivity (Wildman–Crippen MR) is 67.5 cm³/mol. The standard InChI is InChI=1S/C13H12O3S/c1-9-3-5-11(12(7-9)15-2)16-13-6-4-10(8-14)17-13/h3-8H,1-2H3. The number of aldehydes is 1. The lowest BCUT2D eigenvalue weighted by molar-refractivity contribution is 0.112. The maximum absolute atomic E-state index is 10.6. The van der Waals surface area contributed by atoms with Crippen LogP contribution in [0.2, 0.25) is 0 Å². The third-order valence-corrected chi connectivity index (χ3v) is 3.14. The number of aryl methyl sites for hydroxylation is 1. The van der Waals surface area contributed by atoms with Crippen molar-refractivity contribution in [2.24, 2.45) is 0 Å². The second-order valence-electron chi connectivity index (χ2n) is 3.53. The Hall–Kier alpha value is -1.81. The second kappa shape index (κ2) is 5.01. The van der Waals surface area contributed by atoms with Gasteiger partial charge in [-0.2, -0.15) is 0 Å². The largest absolute Gasteiger partial charge is 0.493 e. The van der Waals surface area contributed by atoms with Crippen molar-refractivity contribution in [2.75, 3.05) is 7.11 Å². The van der Waals surface area contributed by atoms with Gasteiger partial charge in [0.25, 0.3) is 0 Å². The molecule has 1 heterocycles. The van der Waals surface area contributed by atoms with Crippen molar-refractivity contribution in [2.45, 2.75) is 6.92 Å². The molecule has 0 aliphatic heterocycles. The Bertz CT molecular complexity index is 531. The summed E-state index contributed by atoms with van der Waals surface area (Å²) >= 11 is 1.31. The van der Waals surface area contributed by atoms with Gasteiger partial charge in [0.2, 0.25) is 0 Å². The van der Waals surface area contributed by atoms with Gasteiger partial charge in [0, 0.05) is 0 Å². The molecule has 0 radical (unpaired) electrons. The van der Waals surface area contributed by atoms with E-state index in [1.54, 1.807) is 19.2 Å². The molecule has 17 heavy (non-hydrogen) atoms. The molecular weight excluding hydrogens is 236 g/mol. The first-order valence-electron chi connectivity index (χ1n) is 5.10. The average molecular weight is 248 g/mol. The van der Waals surface area contributed by atoms with Gasteiger partial charge in [0.1, 0.15) is 0 Å². The van der Waals surface area contributed by atoms with Gasteiger partial charge >= 0.3 is 0 Å². The van der Waals surface area contributed by atoms with Gasteiger partial charge in [-0.3, -0.25) is 4.79 Å². The number of hydrogen-bond acceptors (Lipinski definition) is 4. The van der Waals surface area contributed by atoms with E-state index in [-0.39, 0.29) is 0 Å². The fourth-order valence-corrected chi connectivity index (χ4v) is 2.10. The van der Waals surface area contributed by atoms with E-state index in [9.17, 15) is 4.79 Å². The molecule has 3 nitrogen and oxygen atoms in total. The number of rotatable bonds is 4. The summed E-state index contributed by atoms with van der Waals surface area (Å²) in [6.07, 6.45) is 0.809. The van der Waals surface area contributed by atoms with Gasteiger partial charge in [0.05, 0.1) is 12.0 Å². The zero-order chi connectivity index (χ0) is 12.3. The lowest BCUT2D eigenvalue weighted by atomic mass is 10.2. The Kier molecular flexibility index (Phi) is 3.44. The molecule has 1 aromatic carbocycles. The van der Waals surface area contributed by atoms with Crippen LogP contribution in [0.4, 0.5) is 0 Å². The third-order valence-electron chi connectivity index (χ3n) is 2.25. The van der Waals surface area contributed by atoms with Crippen LogP contribution in [0, 0.1) is 6.92 Å². The Morgan fingerprint density at radius 1 is 1.18 bits per heavy atom. The van der Waals surface area contributed by atoms with Gasteiger partial charge in [0.15, 0.2) is 22.8 Å². The van der Waals surface area contributed by atoms with Gasteiger partial charge in [-0.25, -0.2) is 0 Å². The third kappa shape index (κ3) is 2.65. The van der Waals surface area contributed by atoms with Crippen LogP contribution >= 0.6 is 11.3 Å². The molecule has 2 aromatic rings. The fourth-order valence-electron chi connectivity index (χ4n) is 1.42. The number of thiophene rings is 1. The number of methoxy groups -OCH3 is 1. The number of ether oxygens (including phenoxy) is 2. The van der Waals surface area contributed by atoms with Gasteiger partial charge < -0.3 is 9.47 Å². The molecule has 0 saturated carbocycles. The number of hydrogen-bond donors (Lipinski definition) is 0. The zero-order valence-electron chi connectivity index (χ0n) is 9.60. The molecule has 4 heteroatoms. The van der Waals surface area contributed by atoms with Crippen LogP contribution in [0.1, 0.15) is 15.2 Å². The van der Waals surface area contributed by atoms with E-state index in [0.717, 1.165) is 11.8 Å². The van der Waals surface area contributed by atoms with E-state index in [4.69, 9.17) is 9.47 Å². The maximum Gasteiger partial charge on any atom is 0.181 e. The second-order valence-corrected chi connectivity index (χ2v) is 4.61. The lowest BCUT2D eigenvalue weighted by Crippen LogP contribution is -1.89. The predicted octanol–water partition coefficient (Wildman–Crippen LogP) is 3.67. The van der Waals surface area contributed by atoms with E-state index in [2.05, 4.69) is 0 Å². The Morgan fingerprint density at radius 3 is 2.65 bits per heavy atom. The molecule has 0 atom stereocenters. The molecular formula is C13H12O3S. The van der Waals surface area contributed by atoms with Crippen LogP contribution < -0.4 is 9.47 Å². The minimum absolute atomic E-state index is 0.645. The minimum Gasteiger partial charge on any atom is -0.493 e. The molecule has 0 aliphatic carbocycles. The van der Waals surface area contributed by atoms with Crippen molar-refractivity contribution >= 4 is 17.6 Å². The van der Waals surface area contributed by atoms with Crippen LogP contribution in [0.25, 0.3) is 0 Å². The summed E-state index contributed by atoms with van der Waals surface area (Å²) in [6.45, 7) is 1.99. The summed E-state index contributed by atoms with van der Waals surface area (Å²) in [6, 6.07) is 9.21. The lowest BCUT2D eigenvalue weighted by Gasteiger charge is -2.09. The van der Waals surface area contributed by atoms with Crippen molar-refractivity contribution in [1.82, 2.24) is 0 Å². The normalized spacial score (nSPS) is 10.0. The number of carbonyl (C=O) groups is 1. The maximum atomic E-state index is 10.6. The first kappa shape index (κ1) is 11.7. The van der Waals surface area contributed by atoms with E-state index < -0.39 is 0 Å². The van der Waals surface area contributed by atoms with Crippen LogP contribution in [-0.4, -0.2) is 13.4 Å². The Morgan fingerprint density at radius 2 is 2.00 bits per heavy atom. The van der Waals surface area contributed by atoms with Gasteiger partial charge in [-0.1, -0.05) is 17.4 Å². The highest BCUT2D eigenvalue weighted by atomic mass is 32.1. The van der Waals surface area contributed by atoms with E-state index >= 15 is 0 Å². The number of benzene rings is 1. The van der Waals surface area contributed by atoms with Gasteiger partial charge in [-0.15, -0.1) is 0 Å². The summed E-state index contributed by atoms with van der Waals surface area (Å²) < 4.78 is 10.9. The van der Waals surface area contributed by atoms with Crippen molar-refractivity contribution in [3.05, 3.63) is 40.8 Å². The van der Waals surface area contributed by atoms with Crippen molar-refractivity contribution < 1.29 is 14.3 Å². The molecule has 0 N–H and O–H groups in total. The molecule has 0 unspecified atom stereocenters. The van der Waals surface area contributed by atoms with Crippen molar-refractivity contribution in [3.8, 4) is 16.6 Å². The summed E-state index contributed by atoms with van der Waals surface area (Å²) in [4.78, 5) is 11.2. The first-order valence-corrected chi connectivity index (χ1v) is 5.92. The summed E-state index contributed by atoms with van der Waals surface area (Å²) in [7, 11) is 1.60. The fraction of sp³-hybridized carbons (Fsp3) is 0.154. The topological polar surface area (TPSA) is 35.5 Å². The molecule has 0 aliphatic rings. The molecule has 1 aromatic heterocycles. The molecule has 0 fully saturated rings. The smallest absolute Gasteiger partial charge is 0.181 e. The van der Waals surface area contributed by atoms with Gasteiger partial charge in [-0.05, 0) is 36.8 Å². The Balaban J connectivity index is 2.25. The van der Waals surface area contributed by atoms with E-state index in [1.807, 2.05) is 25.1 Å². The monoisotopic (exact) mass is 248 g/mol. The molecule has 88 valence electrons. The van der Waals surface area contributed by atoms with Crippen LogP contribution in [0.15, 0.2) is 30.3 Å². The average Bonchev–Trinajstić information content (AvgIpc) is 2.79. The molecule has 0 spiro atoms. The molecule has 0 saturated heterocycles. The zero-order valence-corrected chi connectivity index (χ0v) is 10.4. The molecule has 0 amide bonds. The highest BCUT2D eigenvalue weighted by Crippen LogP contribution is 2.35. The quantitative estimate of drug-likeness (QED) is 0.774. The highest BCUT2D eigenvalue weighted by molar-refractivity contribution is 7.15.